The van der Waals surface area contributed by atoms with Crippen LogP contribution in [0.25, 0.3) is 11.1 Å². The summed E-state index contributed by atoms with van der Waals surface area (Å²) in [5.41, 5.74) is 2.40. The Morgan fingerprint density at radius 3 is 2.50 bits per heavy atom. The van der Waals surface area contributed by atoms with E-state index in [1.54, 1.807) is 42.0 Å². The molecule has 0 saturated heterocycles. The number of oxazole rings is 1. The highest BCUT2D eigenvalue weighted by Crippen LogP contribution is 2.23. The van der Waals surface area contributed by atoms with Crippen molar-refractivity contribution in [3.05, 3.63) is 58.6 Å². The molecule has 1 heterocycles. The van der Waals surface area contributed by atoms with Crippen molar-refractivity contribution in [3.8, 4) is 5.75 Å². The molecule has 2 amide bonds. The molecule has 1 aromatic heterocycles. The third kappa shape index (κ3) is 5.76. The van der Waals surface area contributed by atoms with Crippen LogP contribution in [-0.4, -0.2) is 49.0 Å². The first-order chi connectivity index (χ1) is 15.3. The Hall–Kier alpha value is -3.59. The van der Waals surface area contributed by atoms with Gasteiger partial charge in [0.15, 0.2) is 5.58 Å². The van der Waals surface area contributed by atoms with Crippen molar-refractivity contribution in [1.82, 2.24) is 14.8 Å². The van der Waals surface area contributed by atoms with E-state index in [9.17, 15) is 14.4 Å². The van der Waals surface area contributed by atoms with Gasteiger partial charge in [0.1, 0.15) is 5.75 Å². The maximum absolute atomic E-state index is 12.8. The van der Waals surface area contributed by atoms with Crippen LogP contribution in [0.5, 0.6) is 5.75 Å². The van der Waals surface area contributed by atoms with Gasteiger partial charge in [-0.2, -0.15) is 0 Å². The molecule has 0 radical (unpaired) electrons. The number of nitrogens with one attached hydrogen (secondary N) is 2. The fraction of sp³-hybridized carbons (Fsp3) is 0.348. The summed E-state index contributed by atoms with van der Waals surface area (Å²) in [5, 5.41) is 5.66. The number of rotatable bonds is 9. The van der Waals surface area contributed by atoms with Gasteiger partial charge in [0.05, 0.1) is 25.1 Å². The van der Waals surface area contributed by atoms with Crippen LogP contribution < -0.4 is 21.1 Å². The first-order valence-electron chi connectivity index (χ1n) is 10.3. The van der Waals surface area contributed by atoms with Crippen molar-refractivity contribution < 1.29 is 18.7 Å². The number of carbonyl (C=O) groups is 2. The van der Waals surface area contributed by atoms with Gasteiger partial charge in [-0.3, -0.25) is 14.2 Å². The lowest BCUT2D eigenvalue weighted by molar-refractivity contribution is -0.120. The van der Waals surface area contributed by atoms with Crippen molar-refractivity contribution in [2.45, 2.75) is 25.9 Å². The SMILES string of the molecule is COc1ccc(C(CC(=O)Nc2ccc3oc(=O)n(CCN(C)C)c3c2)NC(C)=O)cc1. The van der Waals surface area contributed by atoms with Crippen molar-refractivity contribution in [1.29, 1.82) is 0 Å². The van der Waals surface area contributed by atoms with Crippen LogP contribution in [0, 0.1) is 0 Å². The summed E-state index contributed by atoms with van der Waals surface area (Å²) in [6, 6.07) is 11.8. The van der Waals surface area contributed by atoms with Gasteiger partial charge in [-0.05, 0) is 50.0 Å². The number of ether oxygens (including phenoxy) is 1. The van der Waals surface area contributed by atoms with E-state index in [4.69, 9.17) is 9.15 Å². The van der Waals surface area contributed by atoms with Gasteiger partial charge in [-0.15, -0.1) is 0 Å². The van der Waals surface area contributed by atoms with Crippen molar-refractivity contribution in [3.63, 3.8) is 0 Å². The number of anilines is 1. The third-order valence-electron chi connectivity index (χ3n) is 5.01. The topological polar surface area (TPSA) is 106 Å². The highest BCUT2D eigenvalue weighted by molar-refractivity contribution is 5.93. The molecule has 0 saturated carbocycles. The third-order valence-corrected chi connectivity index (χ3v) is 5.01. The molecule has 9 heteroatoms. The van der Waals surface area contributed by atoms with Crippen LogP contribution in [0.1, 0.15) is 24.9 Å². The number of aromatic nitrogens is 1. The molecule has 2 aromatic carbocycles. The van der Waals surface area contributed by atoms with E-state index in [0.29, 0.717) is 35.6 Å². The van der Waals surface area contributed by atoms with Crippen LogP contribution in [0.2, 0.25) is 0 Å². The zero-order valence-electron chi connectivity index (χ0n) is 18.7. The molecule has 0 bridgehead atoms. The minimum absolute atomic E-state index is 0.0444. The van der Waals surface area contributed by atoms with E-state index >= 15 is 0 Å². The van der Waals surface area contributed by atoms with E-state index in [0.717, 1.165) is 5.56 Å². The van der Waals surface area contributed by atoms with Gasteiger partial charge >= 0.3 is 5.76 Å². The lowest BCUT2D eigenvalue weighted by Crippen LogP contribution is -2.29. The van der Waals surface area contributed by atoms with Crippen molar-refractivity contribution in [2.75, 3.05) is 33.1 Å². The molecule has 2 N–H and O–H groups in total. The number of methoxy groups -OCH3 is 1. The van der Waals surface area contributed by atoms with Crippen LogP contribution in [0.15, 0.2) is 51.7 Å². The fourth-order valence-corrected chi connectivity index (χ4v) is 3.38. The molecular weight excluding hydrogens is 412 g/mol. The van der Waals surface area contributed by atoms with Gasteiger partial charge in [0.2, 0.25) is 11.8 Å². The van der Waals surface area contributed by atoms with E-state index in [-0.39, 0.29) is 18.2 Å². The summed E-state index contributed by atoms with van der Waals surface area (Å²) in [7, 11) is 5.42. The van der Waals surface area contributed by atoms with Gasteiger partial charge in [0, 0.05) is 25.7 Å². The van der Waals surface area contributed by atoms with E-state index in [1.807, 2.05) is 31.1 Å². The molecular formula is C23H28N4O5. The van der Waals surface area contributed by atoms with Crippen LogP contribution in [0.3, 0.4) is 0 Å². The smallest absolute Gasteiger partial charge is 0.419 e. The van der Waals surface area contributed by atoms with Crippen LogP contribution in [0.4, 0.5) is 5.69 Å². The molecule has 3 rings (SSSR count). The first-order valence-corrected chi connectivity index (χ1v) is 10.3. The van der Waals surface area contributed by atoms with Crippen LogP contribution >= 0.6 is 0 Å². The van der Waals surface area contributed by atoms with E-state index < -0.39 is 11.8 Å². The number of amides is 2. The first kappa shape index (κ1) is 23.1. The lowest BCUT2D eigenvalue weighted by atomic mass is 10.0. The van der Waals surface area contributed by atoms with Gasteiger partial charge in [0.25, 0.3) is 0 Å². The second kappa shape index (κ2) is 10.1. The average Bonchev–Trinajstić information content (AvgIpc) is 3.05. The molecule has 0 aliphatic carbocycles. The Balaban J connectivity index is 1.77. The Labute approximate surface area is 186 Å². The predicted molar refractivity (Wildman–Crippen MR) is 122 cm³/mol. The number of carbonyl (C=O) groups excluding carboxylic acids is 2. The number of hydrogen-bond donors (Lipinski definition) is 2. The molecule has 1 atom stereocenters. The Kier molecular flexibility index (Phi) is 7.32. The summed E-state index contributed by atoms with van der Waals surface area (Å²) >= 11 is 0. The number of nitrogens with zero attached hydrogens (tertiary/aromatic N) is 2. The quantitative estimate of drug-likeness (QED) is 0.529. The second-order valence-corrected chi connectivity index (χ2v) is 7.78. The van der Waals surface area contributed by atoms with E-state index in [2.05, 4.69) is 10.6 Å². The second-order valence-electron chi connectivity index (χ2n) is 7.78. The fourth-order valence-electron chi connectivity index (χ4n) is 3.38. The standard InChI is InChI=1S/C23H28N4O5/c1-15(28)24-19(16-5-8-18(31-4)9-6-16)14-22(29)25-17-7-10-21-20(13-17)27(23(30)32-21)12-11-26(2)3/h5-10,13,19H,11-12,14H2,1-4H3,(H,24,28)(H,25,29). The summed E-state index contributed by atoms with van der Waals surface area (Å²) in [6.07, 6.45) is 0.0444. The predicted octanol–water partition coefficient (Wildman–Crippen LogP) is 2.37. The molecule has 0 aliphatic rings. The average molecular weight is 441 g/mol. The number of fused-ring (bicyclic) bond motifs is 1. The van der Waals surface area contributed by atoms with Gasteiger partial charge < -0.3 is 24.7 Å². The maximum Gasteiger partial charge on any atom is 0.419 e. The summed E-state index contributed by atoms with van der Waals surface area (Å²) < 4.78 is 12.0. The van der Waals surface area contributed by atoms with E-state index in [1.165, 1.54) is 6.92 Å². The Bertz CT molecular complexity index is 1150. The summed E-state index contributed by atoms with van der Waals surface area (Å²) in [4.78, 5) is 38.6. The summed E-state index contributed by atoms with van der Waals surface area (Å²) in [5.74, 6) is -0.253. The highest BCUT2D eigenvalue weighted by Gasteiger charge is 2.18. The molecule has 3 aromatic rings. The molecule has 0 fully saturated rings. The maximum atomic E-state index is 12.8. The number of hydrogen-bond acceptors (Lipinski definition) is 6. The van der Waals surface area contributed by atoms with Crippen molar-refractivity contribution in [2.24, 2.45) is 0 Å². The molecule has 0 aliphatic heterocycles. The highest BCUT2D eigenvalue weighted by atomic mass is 16.5. The molecule has 0 spiro atoms. The lowest BCUT2D eigenvalue weighted by Gasteiger charge is -2.18. The number of benzene rings is 2. The molecule has 9 nitrogen and oxygen atoms in total. The minimum atomic E-state index is -0.491. The Morgan fingerprint density at radius 1 is 1.16 bits per heavy atom. The van der Waals surface area contributed by atoms with Crippen LogP contribution in [-0.2, 0) is 16.1 Å². The van der Waals surface area contributed by atoms with Gasteiger partial charge in [-0.1, -0.05) is 12.1 Å². The zero-order valence-corrected chi connectivity index (χ0v) is 18.7. The molecule has 1 unspecified atom stereocenters. The largest absolute Gasteiger partial charge is 0.497 e. The number of likely N-dealkylation sites (N-methyl/N-ethyl adjacent to an activating group) is 1. The normalized spacial score (nSPS) is 12.0. The monoisotopic (exact) mass is 440 g/mol. The summed E-state index contributed by atoms with van der Waals surface area (Å²) in [6.45, 7) is 2.55. The molecule has 170 valence electrons. The van der Waals surface area contributed by atoms with Gasteiger partial charge in [-0.25, -0.2) is 4.79 Å². The minimum Gasteiger partial charge on any atom is -0.497 e. The molecule has 32 heavy (non-hydrogen) atoms. The van der Waals surface area contributed by atoms with Crippen molar-refractivity contribution >= 4 is 28.6 Å². The Morgan fingerprint density at radius 2 is 1.88 bits per heavy atom. The zero-order chi connectivity index (χ0) is 23.3.